The van der Waals surface area contributed by atoms with Gasteiger partial charge in [0.15, 0.2) is 11.5 Å². The van der Waals surface area contributed by atoms with Gasteiger partial charge in [-0.3, -0.25) is 9.80 Å². The van der Waals surface area contributed by atoms with E-state index >= 15 is 0 Å². The Morgan fingerprint density at radius 1 is 0.914 bits per heavy atom. The Balaban J connectivity index is 1.28. The van der Waals surface area contributed by atoms with Crippen molar-refractivity contribution in [2.45, 2.75) is 24.8 Å². The highest BCUT2D eigenvalue weighted by atomic mass is 16.5. The lowest BCUT2D eigenvalue weighted by molar-refractivity contribution is 0.0146. The molecular weight excluding hydrogens is 434 g/mol. The van der Waals surface area contributed by atoms with Crippen molar-refractivity contribution >= 4 is 10.9 Å². The van der Waals surface area contributed by atoms with Crippen molar-refractivity contribution < 1.29 is 9.47 Å². The minimum Gasteiger partial charge on any atom is -0.493 e. The second-order valence-corrected chi connectivity index (χ2v) is 9.74. The third-order valence-corrected chi connectivity index (χ3v) is 7.79. The summed E-state index contributed by atoms with van der Waals surface area (Å²) in [5, 5.41) is 1.39. The molecule has 5 nitrogen and oxygen atoms in total. The highest BCUT2D eigenvalue weighted by Gasteiger charge is 2.41. The van der Waals surface area contributed by atoms with Gasteiger partial charge in [-0.25, -0.2) is 0 Å². The van der Waals surface area contributed by atoms with E-state index in [-0.39, 0.29) is 0 Å². The fraction of sp³-hybridized carbons (Fsp3) is 0.333. The summed E-state index contributed by atoms with van der Waals surface area (Å²) in [4.78, 5) is 9.14. The first kappa shape index (κ1) is 22.2. The van der Waals surface area contributed by atoms with E-state index in [0.29, 0.717) is 12.0 Å². The summed E-state index contributed by atoms with van der Waals surface area (Å²) >= 11 is 0. The fourth-order valence-electron chi connectivity index (χ4n) is 6.10. The first-order valence-electron chi connectivity index (χ1n) is 12.6. The van der Waals surface area contributed by atoms with Crippen molar-refractivity contribution in [3.63, 3.8) is 0 Å². The Kier molecular flexibility index (Phi) is 5.96. The van der Waals surface area contributed by atoms with Gasteiger partial charge in [0, 0.05) is 42.1 Å². The summed E-state index contributed by atoms with van der Waals surface area (Å²) in [5.41, 5.74) is 6.90. The number of hydrogen-bond donors (Lipinski definition) is 1. The van der Waals surface area contributed by atoms with Crippen LogP contribution >= 0.6 is 0 Å². The number of nitrogens with zero attached hydrogens (tertiary/aromatic N) is 2. The third kappa shape index (κ3) is 4.09. The predicted octanol–water partition coefficient (Wildman–Crippen LogP) is 5.38. The molecule has 1 fully saturated rings. The number of rotatable bonds is 6. The van der Waals surface area contributed by atoms with Crippen molar-refractivity contribution in [3.8, 4) is 11.5 Å². The number of benzene rings is 3. The summed E-state index contributed by atoms with van der Waals surface area (Å²) in [6, 6.07) is 26.5. The van der Waals surface area contributed by atoms with E-state index in [9.17, 15) is 0 Å². The maximum atomic E-state index is 5.52. The van der Waals surface area contributed by atoms with E-state index in [0.717, 1.165) is 50.6 Å². The molecule has 0 unspecified atom stereocenters. The number of ether oxygens (including phenoxy) is 2. The van der Waals surface area contributed by atoms with Crippen molar-refractivity contribution in [3.05, 3.63) is 95.2 Å². The smallest absolute Gasteiger partial charge is 0.160 e. The first-order chi connectivity index (χ1) is 17.2. The zero-order valence-electron chi connectivity index (χ0n) is 20.5. The maximum Gasteiger partial charge on any atom is 0.160 e. The lowest BCUT2D eigenvalue weighted by Gasteiger charge is -2.48. The molecule has 3 heterocycles. The Morgan fingerprint density at radius 2 is 1.71 bits per heavy atom. The van der Waals surface area contributed by atoms with Crippen molar-refractivity contribution in [1.29, 1.82) is 0 Å². The van der Waals surface area contributed by atoms with Crippen LogP contribution in [0.2, 0.25) is 0 Å². The molecule has 6 rings (SSSR count). The number of aromatic amines is 1. The fourth-order valence-corrected chi connectivity index (χ4v) is 6.10. The summed E-state index contributed by atoms with van der Waals surface area (Å²) in [5.74, 6) is 2.00. The average molecular weight is 468 g/mol. The number of fused-ring (bicyclic) bond motifs is 5. The molecule has 0 spiro atoms. The van der Waals surface area contributed by atoms with Gasteiger partial charge in [0.05, 0.1) is 26.9 Å². The van der Waals surface area contributed by atoms with Gasteiger partial charge in [0.2, 0.25) is 0 Å². The minimum atomic E-state index is 0.380. The maximum absolute atomic E-state index is 5.52. The van der Waals surface area contributed by atoms with E-state index in [1.807, 2.05) is 6.07 Å². The van der Waals surface area contributed by atoms with Crippen LogP contribution in [-0.2, 0) is 12.8 Å². The Hall–Kier alpha value is -3.28. The van der Waals surface area contributed by atoms with E-state index in [1.54, 1.807) is 14.2 Å². The molecule has 4 aromatic rings. The molecule has 3 aromatic carbocycles. The number of nitrogens with one attached hydrogen (secondary N) is 1. The largest absolute Gasteiger partial charge is 0.493 e. The van der Waals surface area contributed by atoms with Crippen LogP contribution in [0, 0.1) is 0 Å². The Bertz CT molecular complexity index is 1320. The van der Waals surface area contributed by atoms with E-state index in [2.05, 4.69) is 81.5 Å². The lowest BCUT2D eigenvalue weighted by Crippen LogP contribution is -2.53. The monoisotopic (exact) mass is 467 g/mol. The second-order valence-electron chi connectivity index (χ2n) is 9.74. The molecule has 0 saturated carbocycles. The van der Waals surface area contributed by atoms with E-state index in [1.165, 1.54) is 33.3 Å². The normalized spacial score (nSPS) is 20.4. The molecule has 35 heavy (non-hydrogen) atoms. The van der Waals surface area contributed by atoms with Gasteiger partial charge in [0.25, 0.3) is 0 Å². The standard InChI is InChI=1S/C30H33N3O2/c1-34-27-13-12-21(18-28(27)35-2)14-16-32-19-25(22-8-4-3-5-9-22)30-29-24(15-17-33(30)20-32)23-10-6-7-11-26(23)31-29/h3-13,18,25,30-31H,14-17,19-20H2,1-2H3/t25-,30-/m0/s1. The van der Waals surface area contributed by atoms with Crippen LogP contribution in [0.3, 0.4) is 0 Å². The topological polar surface area (TPSA) is 40.7 Å². The Labute approximate surface area is 207 Å². The van der Waals surface area contributed by atoms with Gasteiger partial charge >= 0.3 is 0 Å². The number of methoxy groups -OCH3 is 2. The van der Waals surface area contributed by atoms with Gasteiger partial charge in [-0.15, -0.1) is 0 Å². The molecular formula is C30H33N3O2. The molecule has 0 bridgehead atoms. The Morgan fingerprint density at radius 3 is 2.54 bits per heavy atom. The molecule has 1 N–H and O–H groups in total. The van der Waals surface area contributed by atoms with Gasteiger partial charge in [-0.1, -0.05) is 54.6 Å². The van der Waals surface area contributed by atoms with Crippen LogP contribution in [0.1, 0.15) is 34.3 Å². The zero-order valence-corrected chi connectivity index (χ0v) is 20.5. The van der Waals surface area contributed by atoms with Crippen LogP contribution in [0.15, 0.2) is 72.8 Å². The minimum absolute atomic E-state index is 0.380. The molecule has 0 amide bonds. The van der Waals surface area contributed by atoms with Gasteiger partial charge in [-0.05, 0) is 47.7 Å². The highest BCUT2D eigenvalue weighted by Crippen LogP contribution is 2.45. The van der Waals surface area contributed by atoms with Crippen LogP contribution in [0.5, 0.6) is 11.5 Å². The van der Waals surface area contributed by atoms with Crippen LogP contribution in [-0.4, -0.2) is 55.3 Å². The molecule has 0 aliphatic carbocycles. The summed E-state index contributed by atoms with van der Waals surface area (Å²) in [6.45, 7) is 4.15. The number of H-pyrrole nitrogens is 1. The van der Waals surface area contributed by atoms with Crippen molar-refractivity contribution in [1.82, 2.24) is 14.8 Å². The number of aromatic nitrogens is 1. The molecule has 180 valence electrons. The van der Waals surface area contributed by atoms with Crippen LogP contribution in [0.4, 0.5) is 0 Å². The molecule has 2 aliphatic rings. The molecule has 5 heteroatoms. The highest BCUT2D eigenvalue weighted by molar-refractivity contribution is 5.85. The van der Waals surface area contributed by atoms with E-state index in [4.69, 9.17) is 9.47 Å². The summed E-state index contributed by atoms with van der Waals surface area (Å²) < 4.78 is 10.9. The summed E-state index contributed by atoms with van der Waals surface area (Å²) in [6.07, 6.45) is 2.08. The lowest BCUT2D eigenvalue weighted by atomic mass is 9.82. The van der Waals surface area contributed by atoms with E-state index < -0.39 is 0 Å². The van der Waals surface area contributed by atoms with Gasteiger partial charge in [0.1, 0.15) is 0 Å². The molecule has 2 aliphatic heterocycles. The second kappa shape index (κ2) is 9.40. The predicted molar refractivity (Wildman–Crippen MR) is 140 cm³/mol. The average Bonchev–Trinajstić information content (AvgIpc) is 3.30. The van der Waals surface area contributed by atoms with Gasteiger partial charge in [-0.2, -0.15) is 0 Å². The molecule has 2 atom stereocenters. The summed E-state index contributed by atoms with van der Waals surface area (Å²) in [7, 11) is 3.38. The van der Waals surface area contributed by atoms with Crippen LogP contribution < -0.4 is 9.47 Å². The zero-order chi connectivity index (χ0) is 23.8. The molecule has 0 radical (unpaired) electrons. The van der Waals surface area contributed by atoms with Gasteiger partial charge < -0.3 is 14.5 Å². The first-order valence-corrected chi connectivity index (χ1v) is 12.6. The SMILES string of the molecule is COc1ccc(CCN2C[C@@H](c3ccccc3)[C@H]3c4[nH]c5ccccc5c4CCN3C2)cc1OC. The molecule has 1 saturated heterocycles. The molecule has 1 aromatic heterocycles. The quantitative estimate of drug-likeness (QED) is 0.413. The number of para-hydroxylation sites is 1. The van der Waals surface area contributed by atoms with Crippen molar-refractivity contribution in [2.24, 2.45) is 0 Å². The van der Waals surface area contributed by atoms with Crippen molar-refractivity contribution in [2.75, 3.05) is 40.5 Å². The number of hydrogen-bond acceptors (Lipinski definition) is 4. The third-order valence-electron chi connectivity index (χ3n) is 7.79. The van der Waals surface area contributed by atoms with Crippen LogP contribution in [0.25, 0.3) is 10.9 Å².